The van der Waals surface area contributed by atoms with Gasteiger partial charge in [0, 0.05) is 6.54 Å². The minimum absolute atomic E-state index is 0.0268. The lowest BCUT2D eigenvalue weighted by atomic mass is 10.1. The summed E-state index contributed by atoms with van der Waals surface area (Å²) in [5.41, 5.74) is 1.01. The van der Waals surface area contributed by atoms with Crippen LogP contribution in [0, 0.1) is 0 Å². The summed E-state index contributed by atoms with van der Waals surface area (Å²) >= 11 is 0. The van der Waals surface area contributed by atoms with Gasteiger partial charge in [0.25, 0.3) is 0 Å². The first-order chi connectivity index (χ1) is 5.54. The van der Waals surface area contributed by atoms with Crippen molar-refractivity contribution in [1.29, 1.82) is 0 Å². The lowest BCUT2D eigenvalue weighted by Gasteiger charge is -2.17. The van der Waals surface area contributed by atoms with Gasteiger partial charge in [-0.15, -0.1) is 5.10 Å². The third-order valence-electron chi connectivity index (χ3n) is 1.59. The highest BCUT2D eigenvalue weighted by molar-refractivity contribution is 4.93. The van der Waals surface area contributed by atoms with Gasteiger partial charge in [0.2, 0.25) is 0 Å². The van der Waals surface area contributed by atoms with Crippen LogP contribution in [0.15, 0.2) is 6.20 Å². The van der Waals surface area contributed by atoms with E-state index in [9.17, 15) is 0 Å². The monoisotopic (exact) mass is 168 g/mol. The van der Waals surface area contributed by atoms with Crippen molar-refractivity contribution < 1.29 is 0 Å². The Hall–Kier alpha value is -0.900. The Kier molecular flexibility index (Phi) is 2.47. The van der Waals surface area contributed by atoms with Crippen LogP contribution in [0.3, 0.4) is 0 Å². The lowest BCUT2D eigenvalue weighted by Crippen LogP contribution is -2.22. The van der Waals surface area contributed by atoms with Gasteiger partial charge < -0.3 is 5.32 Å². The Morgan fingerprint density at radius 3 is 2.58 bits per heavy atom. The van der Waals surface area contributed by atoms with Crippen LogP contribution in [0.1, 0.15) is 26.5 Å². The molecule has 0 radical (unpaired) electrons. The van der Waals surface area contributed by atoms with E-state index in [0.717, 1.165) is 12.2 Å². The van der Waals surface area contributed by atoms with Crippen molar-refractivity contribution >= 4 is 0 Å². The normalized spacial score (nSPS) is 12.0. The summed E-state index contributed by atoms with van der Waals surface area (Å²) in [5.74, 6) is 0. The first-order valence-electron chi connectivity index (χ1n) is 4.10. The Balaban J connectivity index is 2.77. The molecule has 12 heavy (non-hydrogen) atoms. The number of hydrogen-bond acceptors (Lipinski definition) is 3. The highest BCUT2D eigenvalue weighted by Gasteiger charge is 2.14. The van der Waals surface area contributed by atoms with Gasteiger partial charge in [-0.1, -0.05) is 5.21 Å². The Labute approximate surface area is 73.0 Å². The van der Waals surface area contributed by atoms with Crippen LogP contribution in [0.2, 0.25) is 0 Å². The van der Waals surface area contributed by atoms with Crippen molar-refractivity contribution in [1.82, 2.24) is 20.3 Å². The predicted molar refractivity (Wildman–Crippen MR) is 47.8 cm³/mol. The van der Waals surface area contributed by atoms with Gasteiger partial charge in [-0.2, -0.15) is 0 Å². The van der Waals surface area contributed by atoms with Crippen LogP contribution in [-0.4, -0.2) is 22.0 Å². The molecule has 68 valence electrons. The number of nitrogens with zero attached hydrogens (tertiary/aromatic N) is 3. The second-order valence-electron chi connectivity index (χ2n) is 3.86. The average Bonchev–Trinajstić information content (AvgIpc) is 2.35. The molecule has 1 aromatic rings. The molecular weight excluding hydrogens is 152 g/mol. The van der Waals surface area contributed by atoms with E-state index in [4.69, 9.17) is 0 Å². The molecule has 1 aromatic heterocycles. The van der Waals surface area contributed by atoms with Crippen molar-refractivity contribution in [3.05, 3.63) is 11.9 Å². The summed E-state index contributed by atoms with van der Waals surface area (Å²) in [6.07, 6.45) is 1.97. The van der Waals surface area contributed by atoms with E-state index in [1.807, 2.05) is 17.9 Å². The van der Waals surface area contributed by atoms with Gasteiger partial charge in [-0.25, -0.2) is 4.68 Å². The minimum Gasteiger partial charge on any atom is -0.314 e. The molecular formula is C8H16N4. The van der Waals surface area contributed by atoms with Gasteiger partial charge in [0.05, 0.1) is 17.4 Å². The smallest absolute Gasteiger partial charge is 0.0964 e. The summed E-state index contributed by atoms with van der Waals surface area (Å²) in [6.45, 7) is 7.08. The second kappa shape index (κ2) is 3.23. The van der Waals surface area contributed by atoms with Crippen molar-refractivity contribution in [3.8, 4) is 0 Å². The highest BCUT2D eigenvalue weighted by Crippen LogP contribution is 2.11. The maximum Gasteiger partial charge on any atom is 0.0964 e. The number of aromatic nitrogens is 3. The maximum absolute atomic E-state index is 4.03. The Morgan fingerprint density at radius 2 is 2.17 bits per heavy atom. The van der Waals surface area contributed by atoms with Crippen molar-refractivity contribution in [2.24, 2.45) is 0 Å². The summed E-state index contributed by atoms with van der Waals surface area (Å²) in [4.78, 5) is 0. The quantitative estimate of drug-likeness (QED) is 0.708. The van der Waals surface area contributed by atoms with E-state index in [0.29, 0.717) is 0 Å². The first-order valence-corrected chi connectivity index (χ1v) is 4.10. The molecule has 1 N–H and O–H groups in total. The van der Waals surface area contributed by atoms with Crippen LogP contribution in [0.4, 0.5) is 0 Å². The van der Waals surface area contributed by atoms with Crippen LogP contribution in [0.25, 0.3) is 0 Å². The summed E-state index contributed by atoms with van der Waals surface area (Å²) in [6, 6.07) is 0. The second-order valence-corrected chi connectivity index (χ2v) is 3.86. The minimum atomic E-state index is 0.0268. The largest absolute Gasteiger partial charge is 0.314 e. The molecule has 4 nitrogen and oxygen atoms in total. The summed E-state index contributed by atoms with van der Waals surface area (Å²) in [5, 5.41) is 11.1. The molecule has 0 bridgehead atoms. The SMILES string of the molecule is CNCc1cn(C(C)(C)C)nn1. The maximum atomic E-state index is 4.03. The highest BCUT2D eigenvalue weighted by atomic mass is 15.4. The van der Waals surface area contributed by atoms with E-state index >= 15 is 0 Å². The molecule has 0 aromatic carbocycles. The predicted octanol–water partition coefficient (Wildman–Crippen LogP) is 0.752. The van der Waals surface area contributed by atoms with Crippen LogP contribution < -0.4 is 5.32 Å². The van der Waals surface area contributed by atoms with Gasteiger partial charge in [-0.3, -0.25) is 0 Å². The fourth-order valence-electron chi connectivity index (χ4n) is 0.888. The molecule has 0 atom stereocenters. The third kappa shape index (κ3) is 2.04. The van der Waals surface area contributed by atoms with Crippen LogP contribution >= 0.6 is 0 Å². The molecule has 0 unspecified atom stereocenters. The molecule has 0 spiro atoms. The Morgan fingerprint density at radius 1 is 1.50 bits per heavy atom. The summed E-state index contributed by atoms with van der Waals surface area (Å²) < 4.78 is 1.87. The first kappa shape index (κ1) is 9.19. The van der Waals surface area contributed by atoms with E-state index < -0.39 is 0 Å². The van der Waals surface area contributed by atoms with Crippen molar-refractivity contribution in [2.75, 3.05) is 7.05 Å². The molecule has 0 amide bonds. The molecule has 4 heteroatoms. The molecule has 0 aliphatic rings. The average molecular weight is 168 g/mol. The van der Waals surface area contributed by atoms with Gasteiger partial charge in [0.1, 0.15) is 0 Å². The number of rotatable bonds is 2. The zero-order valence-corrected chi connectivity index (χ0v) is 8.13. The molecule has 0 saturated heterocycles. The zero-order valence-electron chi connectivity index (χ0n) is 8.13. The molecule has 0 saturated carbocycles. The zero-order chi connectivity index (χ0) is 9.19. The molecule has 0 aliphatic carbocycles. The fourth-order valence-corrected chi connectivity index (χ4v) is 0.888. The number of nitrogens with one attached hydrogen (secondary N) is 1. The summed E-state index contributed by atoms with van der Waals surface area (Å²) in [7, 11) is 1.90. The van der Waals surface area contributed by atoms with Crippen LogP contribution in [0.5, 0.6) is 0 Å². The van der Waals surface area contributed by atoms with Gasteiger partial charge in [-0.05, 0) is 27.8 Å². The molecule has 1 heterocycles. The molecule has 0 aliphatic heterocycles. The molecule has 0 fully saturated rings. The van der Waals surface area contributed by atoms with E-state index in [-0.39, 0.29) is 5.54 Å². The van der Waals surface area contributed by atoms with E-state index in [1.54, 1.807) is 0 Å². The van der Waals surface area contributed by atoms with Crippen molar-refractivity contribution in [3.63, 3.8) is 0 Å². The number of hydrogen-bond donors (Lipinski definition) is 1. The van der Waals surface area contributed by atoms with Gasteiger partial charge in [0.15, 0.2) is 0 Å². The Bertz CT molecular complexity index is 246. The van der Waals surface area contributed by atoms with Crippen molar-refractivity contribution in [2.45, 2.75) is 32.9 Å². The molecule has 1 rings (SSSR count). The van der Waals surface area contributed by atoms with E-state index in [2.05, 4.69) is 36.4 Å². The lowest BCUT2D eigenvalue weighted by molar-refractivity contribution is 0.347. The van der Waals surface area contributed by atoms with Gasteiger partial charge >= 0.3 is 0 Å². The van der Waals surface area contributed by atoms with E-state index in [1.165, 1.54) is 0 Å². The topological polar surface area (TPSA) is 42.7 Å². The fraction of sp³-hybridized carbons (Fsp3) is 0.750. The third-order valence-corrected chi connectivity index (χ3v) is 1.59. The standard InChI is InChI=1S/C8H16N4/c1-8(2,3)12-6-7(5-9-4)10-11-12/h6,9H,5H2,1-4H3. The van der Waals surface area contributed by atoms with Crippen LogP contribution in [-0.2, 0) is 12.1 Å².